The molecular weight excluding hydrogens is 376 g/mol. The van der Waals surface area contributed by atoms with Gasteiger partial charge in [-0.1, -0.05) is 35.5 Å². The molecule has 0 fully saturated rings. The molecular formula is C20H18N4O3S. The second-order valence-corrected chi connectivity index (χ2v) is 7.07. The van der Waals surface area contributed by atoms with Crippen molar-refractivity contribution < 1.29 is 14.1 Å². The summed E-state index contributed by atoms with van der Waals surface area (Å²) in [6, 6.07) is 11.9. The zero-order valence-electron chi connectivity index (χ0n) is 15.5. The Morgan fingerprint density at radius 3 is 2.79 bits per heavy atom. The van der Waals surface area contributed by atoms with Crippen molar-refractivity contribution in [2.75, 3.05) is 0 Å². The summed E-state index contributed by atoms with van der Waals surface area (Å²) in [5.74, 6) is 0.285. The average Bonchev–Trinajstić information content (AvgIpc) is 3.42. The van der Waals surface area contributed by atoms with Crippen LogP contribution in [0.4, 0.5) is 0 Å². The maximum absolute atomic E-state index is 12.6. The van der Waals surface area contributed by atoms with E-state index in [4.69, 9.17) is 9.26 Å². The number of aryl methyl sites for hydroxylation is 1. The van der Waals surface area contributed by atoms with Crippen molar-refractivity contribution in [3.63, 3.8) is 0 Å². The summed E-state index contributed by atoms with van der Waals surface area (Å²) >= 11 is 1.54. The number of nitrogens with zero attached hydrogens (tertiary/aromatic N) is 4. The molecule has 4 rings (SSSR count). The molecule has 3 heterocycles. The van der Waals surface area contributed by atoms with E-state index in [1.165, 1.54) is 0 Å². The van der Waals surface area contributed by atoms with Crippen LogP contribution in [0.25, 0.3) is 11.5 Å². The molecule has 3 aromatic heterocycles. The molecule has 1 aromatic carbocycles. The van der Waals surface area contributed by atoms with Crippen LogP contribution in [-0.2, 0) is 17.9 Å². The highest BCUT2D eigenvalue weighted by molar-refractivity contribution is 7.08. The lowest BCUT2D eigenvalue weighted by atomic mass is 10.2. The van der Waals surface area contributed by atoms with Gasteiger partial charge in [0.1, 0.15) is 5.56 Å². The van der Waals surface area contributed by atoms with Crippen LogP contribution in [0.15, 0.2) is 51.7 Å². The maximum Gasteiger partial charge on any atom is 0.342 e. The van der Waals surface area contributed by atoms with Crippen LogP contribution in [0.2, 0.25) is 0 Å². The zero-order chi connectivity index (χ0) is 19.5. The van der Waals surface area contributed by atoms with Crippen molar-refractivity contribution in [1.29, 1.82) is 0 Å². The van der Waals surface area contributed by atoms with Crippen molar-refractivity contribution in [2.24, 2.45) is 0 Å². The summed E-state index contributed by atoms with van der Waals surface area (Å²) in [5, 5.41) is 12.2. The van der Waals surface area contributed by atoms with Crippen LogP contribution >= 0.6 is 11.3 Å². The first-order valence-electron chi connectivity index (χ1n) is 8.72. The third kappa shape index (κ3) is 3.72. The number of rotatable bonds is 6. The Hall–Kier alpha value is -3.26. The Morgan fingerprint density at radius 1 is 1.21 bits per heavy atom. The molecule has 8 heteroatoms. The summed E-state index contributed by atoms with van der Waals surface area (Å²) in [7, 11) is 0. The van der Waals surface area contributed by atoms with Crippen LogP contribution in [0.5, 0.6) is 0 Å². The lowest BCUT2D eigenvalue weighted by Crippen LogP contribution is -2.09. The molecule has 142 valence electrons. The van der Waals surface area contributed by atoms with Crippen molar-refractivity contribution in [1.82, 2.24) is 19.9 Å². The minimum absolute atomic E-state index is 0.0603. The molecule has 4 aromatic rings. The third-order valence-electron chi connectivity index (χ3n) is 4.33. The van der Waals surface area contributed by atoms with Crippen LogP contribution < -0.4 is 0 Å². The van der Waals surface area contributed by atoms with Gasteiger partial charge in [0, 0.05) is 5.38 Å². The van der Waals surface area contributed by atoms with Crippen molar-refractivity contribution in [2.45, 2.75) is 27.0 Å². The first-order valence-corrected chi connectivity index (χ1v) is 9.66. The fourth-order valence-corrected chi connectivity index (χ4v) is 3.55. The fraction of sp³-hybridized carbons (Fsp3) is 0.200. The van der Waals surface area contributed by atoms with E-state index in [1.54, 1.807) is 18.3 Å². The topological polar surface area (TPSA) is 83.0 Å². The van der Waals surface area contributed by atoms with E-state index < -0.39 is 5.97 Å². The molecule has 7 nitrogen and oxygen atoms in total. The minimum atomic E-state index is -0.448. The highest BCUT2D eigenvalue weighted by Gasteiger charge is 2.21. The number of esters is 1. The van der Waals surface area contributed by atoms with E-state index in [0.29, 0.717) is 29.5 Å². The van der Waals surface area contributed by atoms with Gasteiger partial charge in [0.2, 0.25) is 5.82 Å². The standard InChI is InChI=1S/C20H18N4O3S/c1-13-18(14(2)24(22-13)10-15-6-4-3-5-7-15)20(25)26-11-17-21-19(27-23-17)16-8-9-28-12-16/h3-9,12H,10-11H2,1-2H3. The molecule has 0 amide bonds. The van der Waals surface area contributed by atoms with E-state index in [0.717, 1.165) is 16.8 Å². The summed E-state index contributed by atoms with van der Waals surface area (Å²) in [4.78, 5) is 16.9. The quantitative estimate of drug-likeness (QED) is 0.460. The van der Waals surface area contributed by atoms with Gasteiger partial charge in [-0.3, -0.25) is 4.68 Å². The number of benzene rings is 1. The molecule has 0 saturated heterocycles. The van der Waals surface area contributed by atoms with Gasteiger partial charge >= 0.3 is 5.97 Å². The highest BCUT2D eigenvalue weighted by atomic mass is 32.1. The normalized spacial score (nSPS) is 10.9. The monoisotopic (exact) mass is 394 g/mol. The highest BCUT2D eigenvalue weighted by Crippen LogP contribution is 2.21. The Bertz CT molecular complexity index is 1080. The van der Waals surface area contributed by atoms with Gasteiger partial charge in [0.25, 0.3) is 5.89 Å². The third-order valence-corrected chi connectivity index (χ3v) is 5.01. The molecule has 0 bridgehead atoms. The predicted octanol–water partition coefficient (Wildman–Crippen LogP) is 4.02. The van der Waals surface area contributed by atoms with Crippen LogP contribution in [-0.4, -0.2) is 25.9 Å². The molecule has 0 radical (unpaired) electrons. The number of thiophene rings is 1. The summed E-state index contributed by atoms with van der Waals surface area (Å²) in [5.41, 5.74) is 3.83. The number of ether oxygens (including phenoxy) is 1. The minimum Gasteiger partial charge on any atom is -0.454 e. The smallest absolute Gasteiger partial charge is 0.342 e. The second-order valence-electron chi connectivity index (χ2n) is 6.29. The van der Waals surface area contributed by atoms with Gasteiger partial charge in [-0.15, -0.1) is 0 Å². The van der Waals surface area contributed by atoms with E-state index >= 15 is 0 Å². The largest absolute Gasteiger partial charge is 0.454 e. The van der Waals surface area contributed by atoms with Gasteiger partial charge in [0.15, 0.2) is 6.61 Å². The van der Waals surface area contributed by atoms with Crippen LogP contribution in [0.3, 0.4) is 0 Å². The first-order chi connectivity index (χ1) is 13.6. The summed E-state index contributed by atoms with van der Waals surface area (Å²) in [6.07, 6.45) is 0. The van der Waals surface area contributed by atoms with Gasteiger partial charge < -0.3 is 9.26 Å². The second kappa shape index (κ2) is 7.77. The van der Waals surface area contributed by atoms with E-state index in [1.807, 2.05) is 58.8 Å². The van der Waals surface area contributed by atoms with Crippen molar-refractivity contribution in [3.8, 4) is 11.5 Å². The lowest BCUT2D eigenvalue weighted by molar-refractivity contribution is 0.0458. The average molecular weight is 394 g/mol. The molecule has 0 aliphatic carbocycles. The molecule has 0 spiro atoms. The Labute approximate surface area is 165 Å². The summed E-state index contributed by atoms with van der Waals surface area (Å²) in [6.45, 7) is 4.20. The summed E-state index contributed by atoms with van der Waals surface area (Å²) < 4.78 is 12.4. The lowest BCUT2D eigenvalue weighted by Gasteiger charge is -2.05. The van der Waals surface area contributed by atoms with Crippen molar-refractivity contribution >= 4 is 17.3 Å². The van der Waals surface area contributed by atoms with Gasteiger partial charge in [-0.2, -0.15) is 21.4 Å². The molecule has 0 unspecified atom stereocenters. The SMILES string of the molecule is Cc1nn(Cc2ccccc2)c(C)c1C(=O)OCc1noc(-c2ccsc2)n1. The van der Waals surface area contributed by atoms with Gasteiger partial charge in [0.05, 0.1) is 23.5 Å². The Kier molecular flexibility index (Phi) is 5.03. The molecule has 0 N–H and O–H groups in total. The molecule has 28 heavy (non-hydrogen) atoms. The molecule has 0 aliphatic rings. The van der Waals surface area contributed by atoms with E-state index in [-0.39, 0.29) is 6.61 Å². The first kappa shape index (κ1) is 18.1. The maximum atomic E-state index is 12.6. The number of carbonyl (C=O) groups is 1. The van der Waals surface area contributed by atoms with Crippen LogP contribution in [0.1, 0.15) is 33.1 Å². The molecule has 0 aliphatic heterocycles. The number of hydrogen-bond donors (Lipinski definition) is 0. The van der Waals surface area contributed by atoms with Crippen molar-refractivity contribution in [3.05, 3.63) is 75.5 Å². The van der Waals surface area contributed by atoms with E-state index in [2.05, 4.69) is 15.2 Å². The molecule has 0 saturated carbocycles. The van der Waals surface area contributed by atoms with E-state index in [9.17, 15) is 4.79 Å². The Morgan fingerprint density at radius 2 is 2.04 bits per heavy atom. The Balaban J connectivity index is 1.45. The number of carbonyl (C=O) groups excluding carboxylic acids is 1. The molecule has 0 atom stereocenters. The predicted molar refractivity (Wildman–Crippen MR) is 104 cm³/mol. The number of hydrogen-bond acceptors (Lipinski definition) is 7. The zero-order valence-corrected chi connectivity index (χ0v) is 16.3. The van der Waals surface area contributed by atoms with Gasteiger partial charge in [-0.25, -0.2) is 4.79 Å². The van der Waals surface area contributed by atoms with Crippen LogP contribution in [0, 0.1) is 13.8 Å². The number of aromatic nitrogens is 4. The fourth-order valence-electron chi connectivity index (χ4n) is 2.92. The van der Waals surface area contributed by atoms with Gasteiger partial charge in [-0.05, 0) is 30.9 Å².